The Balaban J connectivity index is 2.03. The number of hydrogen-bond acceptors (Lipinski definition) is 3. The molecule has 1 fully saturated rings. The van der Waals surface area contributed by atoms with Crippen molar-refractivity contribution in [1.29, 1.82) is 0 Å². The second-order valence-corrected chi connectivity index (χ2v) is 5.17. The SMILES string of the molecule is CN1CC[C@H](N(C)Cc2cccc(OC(F)(F)F)c2)C1=O. The molecule has 1 aromatic rings. The van der Waals surface area contributed by atoms with Crippen LogP contribution in [0.2, 0.25) is 0 Å². The number of rotatable bonds is 4. The van der Waals surface area contributed by atoms with Crippen molar-refractivity contribution in [2.24, 2.45) is 0 Å². The van der Waals surface area contributed by atoms with E-state index < -0.39 is 6.36 Å². The highest BCUT2D eigenvalue weighted by atomic mass is 19.4. The maximum Gasteiger partial charge on any atom is 0.573 e. The van der Waals surface area contributed by atoms with E-state index in [1.807, 2.05) is 4.90 Å². The number of amides is 1. The molecular formula is C14H17F3N2O2. The van der Waals surface area contributed by atoms with Gasteiger partial charge in [0.25, 0.3) is 0 Å². The predicted octanol–water partition coefficient (Wildman–Crippen LogP) is 2.25. The molecule has 0 N–H and O–H groups in total. The molecule has 0 saturated carbocycles. The Kier molecular flexibility index (Phi) is 4.41. The molecule has 0 aromatic heterocycles. The summed E-state index contributed by atoms with van der Waals surface area (Å²) < 4.78 is 40.5. The van der Waals surface area contributed by atoms with Gasteiger partial charge in [-0.25, -0.2) is 0 Å². The number of alkyl halides is 3. The summed E-state index contributed by atoms with van der Waals surface area (Å²) in [7, 11) is 3.53. The fourth-order valence-corrected chi connectivity index (χ4v) is 2.45. The number of carbonyl (C=O) groups is 1. The van der Waals surface area contributed by atoms with Gasteiger partial charge in [-0.15, -0.1) is 13.2 Å². The van der Waals surface area contributed by atoms with Gasteiger partial charge in [0.2, 0.25) is 5.91 Å². The Bertz CT molecular complexity index is 519. The number of carbonyl (C=O) groups excluding carboxylic acids is 1. The van der Waals surface area contributed by atoms with Crippen LogP contribution in [-0.4, -0.2) is 48.8 Å². The standard InChI is InChI=1S/C14H17F3N2O2/c1-18-7-6-12(13(18)20)19(2)9-10-4-3-5-11(8-10)21-14(15,16)17/h3-5,8,12H,6-7,9H2,1-2H3/t12-/m0/s1. The first-order valence-corrected chi connectivity index (χ1v) is 6.56. The molecule has 21 heavy (non-hydrogen) atoms. The fraction of sp³-hybridized carbons (Fsp3) is 0.500. The van der Waals surface area contributed by atoms with Crippen LogP contribution in [0.1, 0.15) is 12.0 Å². The summed E-state index contributed by atoms with van der Waals surface area (Å²) in [5.41, 5.74) is 0.668. The summed E-state index contributed by atoms with van der Waals surface area (Å²) in [5, 5.41) is 0. The average Bonchev–Trinajstić information content (AvgIpc) is 2.68. The topological polar surface area (TPSA) is 32.8 Å². The zero-order valence-electron chi connectivity index (χ0n) is 11.9. The van der Waals surface area contributed by atoms with E-state index in [9.17, 15) is 18.0 Å². The van der Waals surface area contributed by atoms with E-state index in [1.54, 1.807) is 25.1 Å². The zero-order valence-corrected chi connectivity index (χ0v) is 11.9. The first-order valence-electron chi connectivity index (χ1n) is 6.56. The molecular weight excluding hydrogens is 285 g/mol. The summed E-state index contributed by atoms with van der Waals surface area (Å²) in [6, 6.07) is 5.59. The molecule has 0 aliphatic carbocycles. The van der Waals surface area contributed by atoms with E-state index in [2.05, 4.69) is 4.74 Å². The van der Waals surface area contributed by atoms with Crippen molar-refractivity contribution in [1.82, 2.24) is 9.80 Å². The molecule has 0 bridgehead atoms. The molecule has 1 saturated heterocycles. The van der Waals surface area contributed by atoms with Gasteiger partial charge in [-0.3, -0.25) is 9.69 Å². The molecule has 1 heterocycles. The highest BCUT2D eigenvalue weighted by molar-refractivity contribution is 5.83. The van der Waals surface area contributed by atoms with Crippen LogP contribution in [0.5, 0.6) is 5.75 Å². The maximum absolute atomic E-state index is 12.2. The van der Waals surface area contributed by atoms with Crippen LogP contribution in [0.25, 0.3) is 0 Å². The molecule has 0 unspecified atom stereocenters. The van der Waals surface area contributed by atoms with Gasteiger partial charge < -0.3 is 9.64 Å². The van der Waals surface area contributed by atoms with Crippen molar-refractivity contribution >= 4 is 5.91 Å². The van der Waals surface area contributed by atoms with Gasteiger partial charge in [-0.2, -0.15) is 0 Å². The summed E-state index contributed by atoms with van der Waals surface area (Å²) in [6.45, 7) is 1.09. The molecule has 0 spiro atoms. The van der Waals surface area contributed by atoms with Crippen LogP contribution in [0.4, 0.5) is 13.2 Å². The first kappa shape index (κ1) is 15.6. The number of likely N-dealkylation sites (N-methyl/N-ethyl adjacent to an activating group) is 2. The Morgan fingerprint density at radius 3 is 2.71 bits per heavy atom. The monoisotopic (exact) mass is 302 g/mol. The molecule has 1 aliphatic rings. The Morgan fingerprint density at radius 2 is 2.14 bits per heavy atom. The van der Waals surface area contributed by atoms with Crippen molar-refractivity contribution in [2.45, 2.75) is 25.4 Å². The molecule has 116 valence electrons. The van der Waals surface area contributed by atoms with Gasteiger partial charge in [0, 0.05) is 20.1 Å². The summed E-state index contributed by atoms with van der Waals surface area (Å²) in [6.07, 6.45) is -3.97. The van der Waals surface area contributed by atoms with Gasteiger partial charge in [-0.05, 0) is 31.2 Å². The second kappa shape index (κ2) is 5.93. The number of hydrogen-bond donors (Lipinski definition) is 0. The quantitative estimate of drug-likeness (QED) is 0.855. The zero-order chi connectivity index (χ0) is 15.6. The number of likely N-dealkylation sites (tertiary alicyclic amines) is 1. The van der Waals surface area contributed by atoms with E-state index in [1.165, 1.54) is 18.2 Å². The lowest BCUT2D eigenvalue weighted by Crippen LogP contribution is -2.38. The van der Waals surface area contributed by atoms with Gasteiger partial charge in [0.15, 0.2) is 0 Å². The highest BCUT2D eigenvalue weighted by Gasteiger charge is 2.33. The summed E-state index contributed by atoms with van der Waals surface area (Å²) in [4.78, 5) is 15.4. The van der Waals surface area contributed by atoms with Crippen molar-refractivity contribution in [3.8, 4) is 5.75 Å². The number of halogens is 3. The third-order valence-electron chi connectivity index (χ3n) is 3.50. The van der Waals surface area contributed by atoms with Gasteiger partial charge in [-0.1, -0.05) is 12.1 Å². The lowest BCUT2D eigenvalue weighted by Gasteiger charge is -2.23. The lowest BCUT2D eigenvalue weighted by molar-refractivity contribution is -0.274. The molecule has 1 atom stereocenters. The Labute approximate surface area is 121 Å². The minimum Gasteiger partial charge on any atom is -0.406 e. The molecule has 7 heteroatoms. The Morgan fingerprint density at radius 1 is 1.43 bits per heavy atom. The second-order valence-electron chi connectivity index (χ2n) is 5.17. The van der Waals surface area contributed by atoms with E-state index in [0.717, 1.165) is 6.42 Å². The Hall–Kier alpha value is -1.76. The average molecular weight is 302 g/mol. The normalized spacial score (nSPS) is 19.4. The van der Waals surface area contributed by atoms with Crippen molar-refractivity contribution in [3.05, 3.63) is 29.8 Å². The van der Waals surface area contributed by atoms with Crippen LogP contribution in [0, 0.1) is 0 Å². The van der Waals surface area contributed by atoms with E-state index in [-0.39, 0.29) is 17.7 Å². The third kappa shape index (κ3) is 4.10. The van der Waals surface area contributed by atoms with Crippen molar-refractivity contribution < 1.29 is 22.7 Å². The molecule has 2 rings (SSSR count). The number of ether oxygens (including phenoxy) is 1. The molecule has 4 nitrogen and oxygen atoms in total. The third-order valence-corrected chi connectivity index (χ3v) is 3.50. The summed E-state index contributed by atoms with van der Waals surface area (Å²) in [5.74, 6) is -0.205. The van der Waals surface area contributed by atoms with Gasteiger partial charge >= 0.3 is 6.36 Å². The summed E-state index contributed by atoms with van der Waals surface area (Å²) >= 11 is 0. The lowest BCUT2D eigenvalue weighted by atomic mass is 10.1. The maximum atomic E-state index is 12.2. The molecule has 1 amide bonds. The van der Waals surface area contributed by atoms with E-state index >= 15 is 0 Å². The molecule has 1 aliphatic heterocycles. The van der Waals surface area contributed by atoms with Crippen LogP contribution in [0.3, 0.4) is 0 Å². The highest BCUT2D eigenvalue weighted by Crippen LogP contribution is 2.24. The smallest absolute Gasteiger partial charge is 0.406 e. The van der Waals surface area contributed by atoms with Crippen molar-refractivity contribution in [2.75, 3.05) is 20.6 Å². The van der Waals surface area contributed by atoms with E-state index in [0.29, 0.717) is 18.7 Å². The minimum atomic E-state index is -4.70. The van der Waals surface area contributed by atoms with Crippen LogP contribution < -0.4 is 4.74 Å². The van der Waals surface area contributed by atoms with E-state index in [4.69, 9.17) is 0 Å². The largest absolute Gasteiger partial charge is 0.573 e. The van der Waals surface area contributed by atoms with Crippen LogP contribution >= 0.6 is 0 Å². The predicted molar refractivity (Wildman–Crippen MR) is 70.6 cm³/mol. The first-order chi connectivity index (χ1) is 9.76. The minimum absolute atomic E-state index is 0.0418. The van der Waals surface area contributed by atoms with Crippen molar-refractivity contribution in [3.63, 3.8) is 0 Å². The molecule has 0 radical (unpaired) electrons. The van der Waals surface area contributed by atoms with Gasteiger partial charge in [0.1, 0.15) is 5.75 Å². The van der Waals surface area contributed by atoms with Gasteiger partial charge in [0.05, 0.1) is 6.04 Å². The molecule has 1 aromatic carbocycles. The fourth-order valence-electron chi connectivity index (χ4n) is 2.45. The van der Waals surface area contributed by atoms with Crippen LogP contribution in [-0.2, 0) is 11.3 Å². The number of nitrogens with zero attached hydrogens (tertiary/aromatic N) is 2. The number of benzene rings is 1. The van der Waals surface area contributed by atoms with Crippen LogP contribution in [0.15, 0.2) is 24.3 Å².